The molecule has 4 rings (SSSR count). The molecule has 1 N–H and O–H groups in total. The number of hydrogen-bond acceptors (Lipinski definition) is 2. The van der Waals surface area contributed by atoms with E-state index in [9.17, 15) is 0 Å². The van der Waals surface area contributed by atoms with E-state index >= 15 is 0 Å². The average molecular weight is 317 g/mol. The molecule has 122 valence electrons. The fraction of sp³-hybridized carbons (Fsp3) is 0.286. The fourth-order valence-corrected chi connectivity index (χ4v) is 3.52. The van der Waals surface area contributed by atoms with Gasteiger partial charge in [0.25, 0.3) is 0 Å². The topological polar surface area (TPSA) is 29.9 Å². The molecule has 0 unspecified atom stereocenters. The van der Waals surface area contributed by atoms with Crippen LogP contribution in [0.25, 0.3) is 5.69 Å². The molecular formula is C21H23N3. The lowest BCUT2D eigenvalue weighted by Crippen LogP contribution is -2.08. The van der Waals surface area contributed by atoms with Gasteiger partial charge in [-0.15, -0.1) is 0 Å². The molecule has 0 bridgehead atoms. The van der Waals surface area contributed by atoms with E-state index in [-0.39, 0.29) is 0 Å². The zero-order valence-electron chi connectivity index (χ0n) is 14.3. The minimum Gasteiger partial charge on any atom is -0.369 e. The molecule has 0 atom stereocenters. The van der Waals surface area contributed by atoms with E-state index in [0.717, 1.165) is 19.4 Å². The quantitative estimate of drug-likeness (QED) is 0.765. The second-order valence-corrected chi connectivity index (χ2v) is 6.74. The van der Waals surface area contributed by atoms with Gasteiger partial charge in [0.05, 0.1) is 11.4 Å². The maximum absolute atomic E-state index is 4.99. The Morgan fingerprint density at radius 1 is 1.04 bits per heavy atom. The molecule has 0 saturated carbocycles. The van der Waals surface area contributed by atoms with Gasteiger partial charge < -0.3 is 5.32 Å². The van der Waals surface area contributed by atoms with Gasteiger partial charge in [-0.1, -0.05) is 62.4 Å². The van der Waals surface area contributed by atoms with Crippen molar-refractivity contribution in [2.24, 2.45) is 0 Å². The SMILES string of the molecule is CC(C)c1ccccc1-n1nc(Cc2ccccc2)c2c1NCC2. The molecule has 0 saturated heterocycles. The minimum atomic E-state index is 0.472. The fourth-order valence-electron chi connectivity index (χ4n) is 3.52. The lowest BCUT2D eigenvalue weighted by atomic mass is 10.0. The molecule has 0 radical (unpaired) electrons. The molecule has 2 aromatic carbocycles. The number of hydrogen-bond donors (Lipinski definition) is 1. The number of nitrogens with one attached hydrogen (secondary N) is 1. The predicted molar refractivity (Wildman–Crippen MR) is 99.1 cm³/mol. The molecule has 3 nitrogen and oxygen atoms in total. The van der Waals surface area contributed by atoms with Crippen LogP contribution < -0.4 is 5.32 Å². The summed E-state index contributed by atoms with van der Waals surface area (Å²) < 4.78 is 2.12. The van der Waals surface area contributed by atoms with Crippen molar-refractivity contribution in [2.45, 2.75) is 32.6 Å². The van der Waals surface area contributed by atoms with E-state index in [1.54, 1.807) is 0 Å². The third kappa shape index (κ3) is 2.60. The van der Waals surface area contributed by atoms with Gasteiger partial charge in [-0.05, 0) is 29.5 Å². The number of benzene rings is 2. The van der Waals surface area contributed by atoms with Crippen molar-refractivity contribution in [1.29, 1.82) is 0 Å². The Hall–Kier alpha value is -2.55. The number of aromatic nitrogens is 2. The van der Waals surface area contributed by atoms with Gasteiger partial charge in [-0.2, -0.15) is 5.10 Å². The monoisotopic (exact) mass is 317 g/mol. The Labute approximate surface area is 143 Å². The third-order valence-corrected chi connectivity index (χ3v) is 4.74. The van der Waals surface area contributed by atoms with Crippen LogP contribution in [0.1, 0.15) is 42.1 Å². The largest absolute Gasteiger partial charge is 0.369 e. The lowest BCUT2D eigenvalue weighted by molar-refractivity contribution is 0.795. The van der Waals surface area contributed by atoms with Gasteiger partial charge in [-0.3, -0.25) is 0 Å². The van der Waals surface area contributed by atoms with Gasteiger partial charge in [0, 0.05) is 18.5 Å². The Morgan fingerprint density at radius 3 is 2.58 bits per heavy atom. The molecule has 1 aliphatic heterocycles. The van der Waals surface area contributed by atoms with Crippen LogP contribution in [0, 0.1) is 0 Å². The van der Waals surface area contributed by atoms with Crippen molar-refractivity contribution in [2.75, 3.05) is 11.9 Å². The molecule has 1 aliphatic rings. The number of nitrogens with zero attached hydrogens (tertiary/aromatic N) is 2. The highest BCUT2D eigenvalue weighted by Crippen LogP contribution is 2.32. The highest BCUT2D eigenvalue weighted by Gasteiger charge is 2.24. The van der Waals surface area contributed by atoms with Crippen LogP contribution in [-0.2, 0) is 12.8 Å². The van der Waals surface area contributed by atoms with E-state index in [1.807, 2.05) is 0 Å². The molecular weight excluding hydrogens is 294 g/mol. The summed E-state index contributed by atoms with van der Waals surface area (Å²) in [7, 11) is 0. The van der Waals surface area contributed by atoms with Crippen LogP contribution in [-0.4, -0.2) is 16.3 Å². The Balaban J connectivity index is 1.80. The van der Waals surface area contributed by atoms with Crippen molar-refractivity contribution in [3.63, 3.8) is 0 Å². The molecule has 3 heteroatoms. The van der Waals surface area contributed by atoms with Gasteiger partial charge >= 0.3 is 0 Å². The number of anilines is 1. The average Bonchev–Trinajstić information content (AvgIpc) is 3.20. The molecule has 0 fully saturated rings. The third-order valence-electron chi connectivity index (χ3n) is 4.74. The van der Waals surface area contributed by atoms with E-state index in [4.69, 9.17) is 5.10 Å². The summed E-state index contributed by atoms with van der Waals surface area (Å²) in [6, 6.07) is 19.2. The van der Waals surface area contributed by atoms with Crippen LogP contribution in [0.15, 0.2) is 54.6 Å². The summed E-state index contributed by atoms with van der Waals surface area (Å²) in [5.41, 5.74) is 6.41. The maximum atomic E-state index is 4.99. The number of fused-ring (bicyclic) bond motifs is 1. The molecule has 3 aromatic rings. The maximum Gasteiger partial charge on any atom is 0.133 e. The Bertz CT molecular complexity index is 847. The summed E-state index contributed by atoms with van der Waals surface area (Å²) in [6.45, 7) is 5.47. The van der Waals surface area contributed by atoms with Gasteiger partial charge in [0.2, 0.25) is 0 Å². The van der Waals surface area contributed by atoms with Crippen molar-refractivity contribution < 1.29 is 0 Å². The van der Waals surface area contributed by atoms with Crippen LogP contribution in [0.4, 0.5) is 5.82 Å². The standard InChI is InChI=1S/C21H23N3/c1-15(2)17-10-6-7-11-20(17)24-21-18(12-13-22-21)19(23-24)14-16-8-4-3-5-9-16/h3-11,15,22H,12-14H2,1-2H3. The van der Waals surface area contributed by atoms with Crippen LogP contribution in [0.5, 0.6) is 0 Å². The summed E-state index contributed by atoms with van der Waals surface area (Å²) >= 11 is 0. The smallest absolute Gasteiger partial charge is 0.133 e. The molecule has 2 heterocycles. The number of rotatable bonds is 4. The summed E-state index contributed by atoms with van der Waals surface area (Å²) in [5.74, 6) is 1.65. The summed E-state index contributed by atoms with van der Waals surface area (Å²) in [5, 5.41) is 8.53. The normalized spacial score (nSPS) is 13.1. The summed E-state index contributed by atoms with van der Waals surface area (Å²) in [6.07, 6.45) is 1.95. The zero-order valence-corrected chi connectivity index (χ0v) is 14.3. The minimum absolute atomic E-state index is 0.472. The van der Waals surface area contributed by atoms with Crippen molar-refractivity contribution in [3.8, 4) is 5.69 Å². The first kappa shape index (κ1) is 15.0. The van der Waals surface area contributed by atoms with Crippen molar-refractivity contribution in [1.82, 2.24) is 9.78 Å². The van der Waals surface area contributed by atoms with Gasteiger partial charge in [0.1, 0.15) is 5.82 Å². The Kier molecular flexibility index (Phi) is 3.85. The van der Waals surface area contributed by atoms with Crippen LogP contribution >= 0.6 is 0 Å². The van der Waals surface area contributed by atoms with Crippen LogP contribution in [0.3, 0.4) is 0 Å². The second kappa shape index (κ2) is 6.16. The predicted octanol–water partition coefficient (Wildman–Crippen LogP) is 4.55. The molecule has 1 aromatic heterocycles. The lowest BCUT2D eigenvalue weighted by Gasteiger charge is -2.14. The van der Waals surface area contributed by atoms with Crippen molar-refractivity contribution >= 4 is 5.82 Å². The van der Waals surface area contributed by atoms with Crippen molar-refractivity contribution in [3.05, 3.63) is 77.0 Å². The Morgan fingerprint density at radius 2 is 1.79 bits per heavy atom. The second-order valence-electron chi connectivity index (χ2n) is 6.74. The van der Waals surface area contributed by atoms with Crippen LogP contribution in [0.2, 0.25) is 0 Å². The van der Waals surface area contributed by atoms with Gasteiger partial charge in [0.15, 0.2) is 0 Å². The first-order chi connectivity index (χ1) is 11.7. The van der Waals surface area contributed by atoms with E-state index in [0.29, 0.717) is 5.92 Å². The molecule has 24 heavy (non-hydrogen) atoms. The van der Waals surface area contributed by atoms with E-state index in [2.05, 4.69) is 78.4 Å². The molecule has 0 aliphatic carbocycles. The highest BCUT2D eigenvalue weighted by atomic mass is 15.3. The highest BCUT2D eigenvalue weighted by molar-refractivity contribution is 5.59. The molecule has 0 amide bonds. The van der Waals surface area contributed by atoms with Gasteiger partial charge in [-0.25, -0.2) is 4.68 Å². The number of para-hydroxylation sites is 1. The van der Waals surface area contributed by atoms with E-state index in [1.165, 1.54) is 33.9 Å². The first-order valence-electron chi connectivity index (χ1n) is 8.72. The molecule has 0 spiro atoms. The van der Waals surface area contributed by atoms with E-state index < -0.39 is 0 Å². The zero-order chi connectivity index (χ0) is 16.5. The summed E-state index contributed by atoms with van der Waals surface area (Å²) in [4.78, 5) is 0. The first-order valence-corrected chi connectivity index (χ1v) is 8.72.